The normalized spacial score (nSPS) is 12.8. The van der Waals surface area contributed by atoms with Gasteiger partial charge in [0.15, 0.2) is 9.84 Å². The molecule has 0 saturated heterocycles. The van der Waals surface area contributed by atoms with E-state index in [1.165, 1.54) is 0 Å². The van der Waals surface area contributed by atoms with Crippen LogP contribution < -0.4 is 0 Å². The van der Waals surface area contributed by atoms with Crippen molar-refractivity contribution in [3.63, 3.8) is 0 Å². The highest BCUT2D eigenvalue weighted by molar-refractivity contribution is 7.92. The summed E-state index contributed by atoms with van der Waals surface area (Å²) in [4.78, 5) is 11.0. The third-order valence-electron chi connectivity index (χ3n) is 2.45. The van der Waals surface area contributed by atoms with Crippen molar-refractivity contribution >= 4 is 15.6 Å². The van der Waals surface area contributed by atoms with E-state index in [0.29, 0.717) is 25.7 Å². The number of unbranched alkanes of at least 4 members (excludes halogenated alkanes) is 1. The maximum Gasteiger partial charge on any atom is 0.155 e. The molecule has 0 amide bonds. The zero-order valence-corrected chi connectivity index (χ0v) is 11.0. The number of hydrogen-bond donors (Lipinski definition) is 0. The molecule has 0 aromatic carbocycles. The molecule has 90 valence electrons. The minimum absolute atomic E-state index is 0.188. The molecule has 0 fully saturated rings. The molecule has 0 aliphatic heterocycles. The Morgan fingerprint density at radius 2 is 1.67 bits per heavy atom. The molecule has 15 heavy (non-hydrogen) atoms. The average Bonchev–Trinajstić information content (AvgIpc) is 2.10. The highest BCUT2D eigenvalue weighted by Crippen LogP contribution is 2.17. The number of rotatable bonds is 6. The summed E-state index contributed by atoms with van der Waals surface area (Å²) in [6.07, 6.45) is 2.33. The monoisotopic (exact) mass is 234 g/mol. The molecule has 0 saturated carbocycles. The van der Waals surface area contributed by atoms with Gasteiger partial charge in [-0.1, -0.05) is 6.92 Å². The van der Waals surface area contributed by atoms with Crippen molar-refractivity contribution in [3.8, 4) is 0 Å². The highest BCUT2D eigenvalue weighted by atomic mass is 32.2. The van der Waals surface area contributed by atoms with Crippen molar-refractivity contribution in [3.05, 3.63) is 0 Å². The van der Waals surface area contributed by atoms with Crippen molar-refractivity contribution in [2.24, 2.45) is 0 Å². The minimum atomic E-state index is -3.01. The van der Waals surface area contributed by atoms with Crippen LogP contribution in [0.4, 0.5) is 0 Å². The number of sulfone groups is 1. The van der Waals surface area contributed by atoms with Gasteiger partial charge >= 0.3 is 0 Å². The number of ketones is 1. The fraction of sp³-hybridized carbons (Fsp3) is 0.909. The van der Waals surface area contributed by atoms with Gasteiger partial charge in [-0.2, -0.15) is 0 Å². The molecule has 4 heteroatoms. The smallest absolute Gasteiger partial charge is 0.155 e. The SMILES string of the molecule is CCC(=O)CCCCS(=O)(=O)C(C)(C)C. The topological polar surface area (TPSA) is 51.2 Å². The molecular weight excluding hydrogens is 212 g/mol. The first kappa shape index (κ1) is 14.6. The van der Waals surface area contributed by atoms with Gasteiger partial charge in [-0.25, -0.2) is 8.42 Å². The molecular formula is C11H22O3S. The molecule has 0 aromatic rings. The van der Waals surface area contributed by atoms with Gasteiger partial charge in [-0.05, 0) is 33.6 Å². The first-order chi connectivity index (χ1) is 6.70. The quantitative estimate of drug-likeness (QED) is 0.663. The van der Waals surface area contributed by atoms with Gasteiger partial charge in [-0.3, -0.25) is 4.79 Å². The van der Waals surface area contributed by atoms with Crippen molar-refractivity contribution in [1.82, 2.24) is 0 Å². The van der Waals surface area contributed by atoms with E-state index in [0.717, 1.165) is 0 Å². The molecule has 0 rings (SSSR count). The molecule has 0 radical (unpaired) electrons. The molecule has 0 heterocycles. The fourth-order valence-electron chi connectivity index (χ4n) is 1.10. The van der Waals surface area contributed by atoms with Gasteiger partial charge in [-0.15, -0.1) is 0 Å². The van der Waals surface area contributed by atoms with E-state index in [4.69, 9.17) is 0 Å². The van der Waals surface area contributed by atoms with Crippen LogP contribution in [0, 0.1) is 0 Å². The highest BCUT2D eigenvalue weighted by Gasteiger charge is 2.27. The van der Waals surface area contributed by atoms with Crippen LogP contribution in [0.5, 0.6) is 0 Å². The maximum absolute atomic E-state index is 11.7. The maximum atomic E-state index is 11.7. The van der Waals surface area contributed by atoms with Crippen molar-refractivity contribution in [1.29, 1.82) is 0 Å². The molecule has 0 aliphatic rings. The molecule has 0 spiro atoms. The van der Waals surface area contributed by atoms with E-state index in [2.05, 4.69) is 0 Å². The first-order valence-electron chi connectivity index (χ1n) is 5.44. The van der Waals surface area contributed by atoms with E-state index in [-0.39, 0.29) is 11.5 Å². The summed E-state index contributed by atoms with van der Waals surface area (Å²) in [6.45, 7) is 6.95. The van der Waals surface area contributed by atoms with Gasteiger partial charge in [0.1, 0.15) is 5.78 Å². The van der Waals surface area contributed by atoms with Gasteiger partial charge in [0.25, 0.3) is 0 Å². The second-order valence-electron chi connectivity index (χ2n) is 4.78. The number of hydrogen-bond acceptors (Lipinski definition) is 3. The number of Topliss-reactive ketones (excluding diaryl/α,β-unsaturated/α-hetero) is 1. The second-order valence-corrected chi connectivity index (χ2v) is 7.64. The van der Waals surface area contributed by atoms with Crippen molar-refractivity contribution < 1.29 is 13.2 Å². The Hall–Kier alpha value is -0.380. The summed E-state index contributed by atoms with van der Waals surface area (Å²) in [5.41, 5.74) is 0. The summed E-state index contributed by atoms with van der Waals surface area (Å²) in [5.74, 6) is 0.399. The average molecular weight is 234 g/mol. The zero-order chi connectivity index (χ0) is 12.1. The van der Waals surface area contributed by atoms with Crippen LogP contribution in [-0.4, -0.2) is 24.7 Å². The largest absolute Gasteiger partial charge is 0.300 e. The van der Waals surface area contributed by atoms with E-state index in [9.17, 15) is 13.2 Å². The summed E-state index contributed by atoms with van der Waals surface area (Å²) < 4.78 is 22.7. The molecule has 3 nitrogen and oxygen atoms in total. The predicted molar refractivity (Wildman–Crippen MR) is 62.7 cm³/mol. The minimum Gasteiger partial charge on any atom is -0.300 e. The second kappa shape index (κ2) is 5.64. The van der Waals surface area contributed by atoms with Crippen LogP contribution in [0.1, 0.15) is 53.4 Å². The third-order valence-corrected chi connectivity index (χ3v) is 5.14. The lowest BCUT2D eigenvalue weighted by molar-refractivity contribution is -0.118. The summed E-state index contributed by atoms with van der Waals surface area (Å²) in [5, 5.41) is 0. The number of carbonyl (C=O) groups excluding carboxylic acids is 1. The van der Waals surface area contributed by atoms with Crippen LogP contribution >= 0.6 is 0 Å². The van der Waals surface area contributed by atoms with E-state index >= 15 is 0 Å². The van der Waals surface area contributed by atoms with Crippen LogP contribution in [0.2, 0.25) is 0 Å². The summed E-state index contributed by atoms with van der Waals surface area (Å²) >= 11 is 0. The first-order valence-corrected chi connectivity index (χ1v) is 7.10. The van der Waals surface area contributed by atoms with Crippen LogP contribution in [0.3, 0.4) is 0 Å². The van der Waals surface area contributed by atoms with Gasteiger partial charge in [0, 0.05) is 12.8 Å². The molecule has 0 atom stereocenters. The predicted octanol–water partition coefficient (Wildman–Crippen LogP) is 2.35. The Labute approximate surface area is 93.2 Å². The van der Waals surface area contributed by atoms with E-state index in [1.807, 2.05) is 6.92 Å². The summed E-state index contributed by atoms with van der Waals surface area (Å²) in [7, 11) is -3.01. The molecule has 0 unspecified atom stereocenters. The Bertz CT molecular complexity index is 296. The summed E-state index contributed by atoms with van der Waals surface area (Å²) in [6, 6.07) is 0. The number of carbonyl (C=O) groups is 1. The zero-order valence-electron chi connectivity index (χ0n) is 10.2. The van der Waals surface area contributed by atoms with Crippen LogP contribution in [0.25, 0.3) is 0 Å². The fourth-order valence-corrected chi connectivity index (χ4v) is 2.29. The van der Waals surface area contributed by atoms with Crippen LogP contribution in [-0.2, 0) is 14.6 Å². The molecule has 0 bridgehead atoms. The van der Waals surface area contributed by atoms with Gasteiger partial charge in [0.05, 0.1) is 10.5 Å². The Morgan fingerprint density at radius 3 is 2.07 bits per heavy atom. The van der Waals surface area contributed by atoms with Crippen molar-refractivity contribution in [2.45, 2.75) is 58.1 Å². The Morgan fingerprint density at radius 1 is 1.13 bits per heavy atom. The molecule has 0 aromatic heterocycles. The van der Waals surface area contributed by atoms with Crippen molar-refractivity contribution in [2.75, 3.05) is 5.75 Å². The van der Waals surface area contributed by atoms with Crippen LogP contribution in [0.15, 0.2) is 0 Å². The lowest BCUT2D eigenvalue weighted by atomic mass is 10.1. The van der Waals surface area contributed by atoms with Gasteiger partial charge < -0.3 is 0 Å². The Kier molecular flexibility index (Phi) is 5.49. The molecule has 0 N–H and O–H groups in total. The lowest BCUT2D eigenvalue weighted by Gasteiger charge is -2.18. The Balaban J connectivity index is 3.93. The van der Waals surface area contributed by atoms with E-state index in [1.54, 1.807) is 20.8 Å². The standard InChI is InChI=1S/C11H22O3S/c1-5-10(12)8-6-7-9-15(13,14)11(2,3)4/h5-9H2,1-4H3. The molecule has 0 aliphatic carbocycles. The lowest BCUT2D eigenvalue weighted by Crippen LogP contribution is -2.30. The van der Waals surface area contributed by atoms with Gasteiger partial charge in [0.2, 0.25) is 0 Å². The third kappa shape index (κ3) is 5.30. The van der Waals surface area contributed by atoms with E-state index < -0.39 is 14.6 Å².